The summed E-state index contributed by atoms with van der Waals surface area (Å²) in [7, 11) is 1.32. The maximum absolute atomic E-state index is 12.6. The standard InChI is InChI=1S/C20H20N4O3/c1-12-5-6-13(2)17(11-12)24-14(3)18(22-23-24)19(25)21-16-9-7-15(8-10-16)20(26)27-4/h5-11H,1-4H3,(H,21,25). The van der Waals surface area contributed by atoms with Gasteiger partial charge in [0.05, 0.1) is 24.1 Å². The van der Waals surface area contributed by atoms with E-state index in [4.69, 9.17) is 0 Å². The Morgan fingerprint density at radius 1 is 1.04 bits per heavy atom. The molecule has 0 saturated carbocycles. The van der Waals surface area contributed by atoms with Gasteiger partial charge in [-0.1, -0.05) is 17.3 Å². The summed E-state index contributed by atoms with van der Waals surface area (Å²) in [6, 6.07) is 12.5. The number of rotatable bonds is 4. The van der Waals surface area contributed by atoms with Crippen LogP contribution in [-0.2, 0) is 4.74 Å². The van der Waals surface area contributed by atoms with Crippen molar-refractivity contribution >= 4 is 17.6 Å². The number of nitrogens with one attached hydrogen (secondary N) is 1. The molecule has 0 bridgehead atoms. The van der Waals surface area contributed by atoms with Gasteiger partial charge in [-0.05, 0) is 62.2 Å². The van der Waals surface area contributed by atoms with Gasteiger partial charge in [0.1, 0.15) is 0 Å². The summed E-state index contributed by atoms with van der Waals surface area (Å²) in [5.41, 5.74) is 4.88. The van der Waals surface area contributed by atoms with Crippen LogP contribution in [-0.4, -0.2) is 34.0 Å². The summed E-state index contributed by atoms with van der Waals surface area (Å²) < 4.78 is 6.32. The average Bonchev–Trinajstić information content (AvgIpc) is 3.05. The van der Waals surface area contributed by atoms with Crippen LogP contribution in [0.4, 0.5) is 5.69 Å². The van der Waals surface area contributed by atoms with E-state index in [-0.39, 0.29) is 11.6 Å². The van der Waals surface area contributed by atoms with Crippen molar-refractivity contribution in [1.82, 2.24) is 15.0 Å². The average molecular weight is 364 g/mol. The normalized spacial score (nSPS) is 10.5. The van der Waals surface area contributed by atoms with E-state index in [0.29, 0.717) is 16.9 Å². The monoisotopic (exact) mass is 364 g/mol. The molecule has 2 aromatic carbocycles. The van der Waals surface area contributed by atoms with Gasteiger partial charge < -0.3 is 10.1 Å². The number of benzene rings is 2. The maximum Gasteiger partial charge on any atom is 0.337 e. The second-order valence-corrected chi connectivity index (χ2v) is 6.25. The first-order chi connectivity index (χ1) is 12.9. The molecular formula is C20H20N4O3. The van der Waals surface area contributed by atoms with Crippen molar-refractivity contribution in [1.29, 1.82) is 0 Å². The molecular weight excluding hydrogens is 344 g/mol. The Bertz CT molecular complexity index is 1010. The number of esters is 1. The van der Waals surface area contributed by atoms with Gasteiger partial charge >= 0.3 is 5.97 Å². The van der Waals surface area contributed by atoms with Gasteiger partial charge in [-0.3, -0.25) is 4.79 Å². The van der Waals surface area contributed by atoms with E-state index in [2.05, 4.69) is 20.4 Å². The summed E-state index contributed by atoms with van der Waals surface area (Å²) in [6.07, 6.45) is 0. The number of carbonyl (C=O) groups excluding carboxylic acids is 2. The lowest BCUT2D eigenvalue weighted by molar-refractivity contribution is 0.0600. The third-order valence-corrected chi connectivity index (χ3v) is 4.27. The molecule has 0 aliphatic carbocycles. The minimum absolute atomic E-state index is 0.243. The van der Waals surface area contributed by atoms with Gasteiger partial charge in [0.2, 0.25) is 0 Å². The number of hydrogen-bond donors (Lipinski definition) is 1. The Morgan fingerprint density at radius 3 is 2.41 bits per heavy atom. The summed E-state index contributed by atoms with van der Waals surface area (Å²) in [6.45, 7) is 5.79. The van der Waals surface area contributed by atoms with Crippen LogP contribution < -0.4 is 5.32 Å². The predicted octanol–water partition coefficient (Wildman–Crippen LogP) is 3.23. The Hall–Kier alpha value is -3.48. The first kappa shape index (κ1) is 18.3. The van der Waals surface area contributed by atoms with Gasteiger partial charge in [0, 0.05) is 5.69 Å². The van der Waals surface area contributed by atoms with Crippen molar-refractivity contribution in [3.63, 3.8) is 0 Å². The Labute approximate surface area is 157 Å². The van der Waals surface area contributed by atoms with E-state index in [1.165, 1.54) is 7.11 Å². The fourth-order valence-electron chi connectivity index (χ4n) is 2.71. The number of amides is 1. The summed E-state index contributed by atoms with van der Waals surface area (Å²) >= 11 is 0. The number of methoxy groups -OCH3 is 1. The number of nitrogens with zero attached hydrogens (tertiary/aromatic N) is 3. The van der Waals surface area contributed by atoms with Crippen molar-refractivity contribution in [2.24, 2.45) is 0 Å². The molecule has 7 nitrogen and oxygen atoms in total. The van der Waals surface area contributed by atoms with Gasteiger partial charge in [-0.2, -0.15) is 0 Å². The van der Waals surface area contributed by atoms with Crippen LogP contribution in [0, 0.1) is 20.8 Å². The second kappa shape index (κ2) is 7.41. The zero-order valence-electron chi connectivity index (χ0n) is 15.6. The lowest BCUT2D eigenvalue weighted by Gasteiger charge is -2.09. The number of aromatic nitrogens is 3. The second-order valence-electron chi connectivity index (χ2n) is 6.25. The minimum Gasteiger partial charge on any atom is -0.465 e. The number of hydrogen-bond acceptors (Lipinski definition) is 5. The third kappa shape index (κ3) is 3.72. The Morgan fingerprint density at radius 2 is 1.74 bits per heavy atom. The van der Waals surface area contributed by atoms with Gasteiger partial charge in [0.15, 0.2) is 5.69 Å². The number of ether oxygens (including phenoxy) is 1. The largest absolute Gasteiger partial charge is 0.465 e. The van der Waals surface area contributed by atoms with Gasteiger partial charge in [-0.25, -0.2) is 9.48 Å². The zero-order valence-corrected chi connectivity index (χ0v) is 15.6. The lowest BCUT2D eigenvalue weighted by Crippen LogP contribution is -2.14. The molecule has 0 radical (unpaired) electrons. The van der Waals surface area contributed by atoms with Crippen LogP contribution >= 0.6 is 0 Å². The third-order valence-electron chi connectivity index (χ3n) is 4.27. The molecule has 0 aliphatic heterocycles. The van der Waals surface area contributed by atoms with E-state index in [9.17, 15) is 9.59 Å². The molecule has 138 valence electrons. The van der Waals surface area contributed by atoms with Crippen molar-refractivity contribution in [3.8, 4) is 5.69 Å². The van der Waals surface area contributed by atoms with Crippen molar-refractivity contribution in [3.05, 3.63) is 70.5 Å². The molecule has 0 spiro atoms. The van der Waals surface area contributed by atoms with E-state index < -0.39 is 5.97 Å². The zero-order chi connectivity index (χ0) is 19.6. The minimum atomic E-state index is -0.430. The van der Waals surface area contributed by atoms with E-state index in [1.54, 1.807) is 35.9 Å². The molecule has 0 unspecified atom stereocenters. The van der Waals surface area contributed by atoms with Crippen LogP contribution in [0.3, 0.4) is 0 Å². The first-order valence-electron chi connectivity index (χ1n) is 8.40. The van der Waals surface area contributed by atoms with Crippen LogP contribution in [0.2, 0.25) is 0 Å². The fourth-order valence-corrected chi connectivity index (χ4v) is 2.71. The van der Waals surface area contributed by atoms with Crippen molar-refractivity contribution < 1.29 is 14.3 Å². The van der Waals surface area contributed by atoms with Crippen molar-refractivity contribution in [2.45, 2.75) is 20.8 Å². The highest BCUT2D eigenvalue weighted by Crippen LogP contribution is 2.19. The van der Waals surface area contributed by atoms with Crippen LogP contribution in [0.5, 0.6) is 0 Å². The summed E-state index contributed by atoms with van der Waals surface area (Å²) in [4.78, 5) is 24.1. The molecule has 1 amide bonds. The topological polar surface area (TPSA) is 86.1 Å². The lowest BCUT2D eigenvalue weighted by atomic mass is 10.1. The van der Waals surface area contributed by atoms with E-state index in [1.807, 2.05) is 32.0 Å². The van der Waals surface area contributed by atoms with Crippen LogP contribution in [0.25, 0.3) is 5.69 Å². The van der Waals surface area contributed by atoms with Crippen LogP contribution in [0.1, 0.15) is 37.7 Å². The van der Waals surface area contributed by atoms with Gasteiger partial charge in [0.25, 0.3) is 5.91 Å². The van der Waals surface area contributed by atoms with E-state index in [0.717, 1.165) is 16.8 Å². The predicted molar refractivity (Wildman–Crippen MR) is 101 cm³/mol. The highest BCUT2D eigenvalue weighted by Gasteiger charge is 2.18. The summed E-state index contributed by atoms with van der Waals surface area (Å²) in [5, 5.41) is 11.0. The molecule has 1 aromatic heterocycles. The smallest absolute Gasteiger partial charge is 0.337 e. The number of anilines is 1. The summed E-state index contributed by atoms with van der Waals surface area (Å²) in [5.74, 6) is -0.796. The van der Waals surface area contributed by atoms with Crippen molar-refractivity contribution in [2.75, 3.05) is 12.4 Å². The molecule has 27 heavy (non-hydrogen) atoms. The molecule has 1 heterocycles. The SMILES string of the molecule is COC(=O)c1ccc(NC(=O)c2nnn(-c3cc(C)ccc3C)c2C)cc1. The Kier molecular flexibility index (Phi) is 5.03. The molecule has 7 heteroatoms. The highest BCUT2D eigenvalue weighted by molar-refractivity contribution is 6.03. The van der Waals surface area contributed by atoms with Gasteiger partial charge in [-0.15, -0.1) is 5.10 Å². The molecule has 3 aromatic rings. The van der Waals surface area contributed by atoms with E-state index >= 15 is 0 Å². The number of carbonyl (C=O) groups is 2. The van der Waals surface area contributed by atoms with Crippen LogP contribution in [0.15, 0.2) is 42.5 Å². The highest BCUT2D eigenvalue weighted by atomic mass is 16.5. The number of aryl methyl sites for hydroxylation is 2. The molecule has 0 aliphatic rings. The fraction of sp³-hybridized carbons (Fsp3) is 0.200. The molecule has 0 saturated heterocycles. The molecule has 0 fully saturated rings. The molecule has 1 N–H and O–H groups in total. The first-order valence-corrected chi connectivity index (χ1v) is 8.40. The Balaban J connectivity index is 1.83. The molecule has 0 atom stereocenters. The molecule has 3 rings (SSSR count). The quantitative estimate of drug-likeness (QED) is 0.718. The maximum atomic E-state index is 12.6.